The van der Waals surface area contributed by atoms with Gasteiger partial charge in [-0.1, -0.05) is 27.0 Å². The molecule has 2 amide bonds. The first-order valence-corrected chi connectivity index (χ1v) is 9.99. The molecule has 9 heteroatoms. The molecule has 0 spiro atoms. The molecule has 0 radical (unpaired) electrons. The van der Waals surface area contributed by atoms with Crippen molar-refractivity contribution in [2.24, 2.45) is 0 Å². The van der Waals surface area contributed by atoms with E-state index >= 15 is 0 Å². The fourth-order valence-electron chi connectivity index (χ4n) is 2.34. The second-order valence-electron chi connectivity index (χ2n) is 5.52. The lowest BCUT2D eigenvalue weighted by molar-refractivity contribution is -0.129. The average molecular weight is 390 g/mol. The summed E-state index contributed by atoms with van der Waals surface area (Å²) >= 11 is 0. The van der Waals surface area contributed by atoms with E-state index in [4.69, 9.17) is 13.6 Å². The lowest BCUT2D eigenvalue weighted by Crippen LogP contribution is -2.45. The van der Waals surface area contributed by atoms with Crippen LogP contribution in [-0.2, 0) is 27.7 Å². The van der Waals surface area contributed by atoms with Gasteiger partial charge in [0.1, 0.15) is 6.10 Å². The van der Waals surface area contributed by atoms with Gasteiger partial charge in [-0.15, -0.1) is 0 Å². The molecule has 0 aliphatic rings. The SMILES string of the molecule is C=CC(=O)N(CCC)CC(CN(CCC)C(=O)C=C)OP(=O)(OC)OC. The third-order valence-corrected chi connectivity index (χ3v) is 4.98. The monoisotopic (exact) mass is 390 g/mol. The molecule has 0 aliphatic carbocycles. The molecule has 0 bridgehead atoms. The summed E-state index contributed by atoms with van der Waals surface area (Å²) in [5, 5.41) is 0. The minimum absolute atomic E-state index is 0.111. The lowest BCUT2D eigenvalue weighted by atomic mass is 10.2. The predicted molar refractivity (Wildman–Crippen MR) is 101 cm³/mol. The number of nitrogens with zero attached hydrogens (tertiary/aromatic N) is 2. The Kier molecular flexibility index (Phi) is 12.1. The first-order chi connectivity index (χ1) is 12.3. The first kappa shape index (κ1) is 24.5. The predicted octanol–water partition coefficient (Wildman–Crippen LogP) is 2.62. The maximum atomic E-state index is 12.4. The molecule has 0 atom stereocenters. The van der Waals surface area contributed by atoms with E-state index < -0.39 is 13.9 Å². The van der Waals surface area contributed by atoms with Crippen LogP contribution >= 0.6 is 7.82 Å². The van der Waals surface area contributed by atoms with Crippen molar-refractivity contribution in [3.05, 3.63) is 25.3 Å². The molecule has 8 nitrogen and oxygen atoms in total. The van der Waals surface area contributed by atoms with Crippen LogP contribution in [0.5, 0.6) is 0 Å². The fraction of sp³-hybridized carbons (Fsp3) is 0.647. The van der Waals surface area contributed by atoms with Gasteiger partial charge in [0, 0.05) is 40.4 Å². The van der Waals surface area contributed by atoms with Gasteiger partial charge >= 0.3 is 7.82 Å². The second-order valence-corrected chi connectivity index (χ2v) is 7.35. The number of amides is 2. The molecule has 0 saturated carbocycles. The Morgan fingerprint density at radius 2 is 1.35 bits per heavy atom. The Morgan fingerprint density at radius 3 is 1.62 bits per heavy atom. The number of phosphoric ester groups is 1. The van der Waals surface area contributed by atoms with Crippen molar-refractivity contribution in [3.63, 3.8) is 0 Å². The molecule has 0 rings (SSSR count). The Hall–Kier alpha value is -1.47. The van der Waals surface area contributed by atoms with E-state index in [0.29, 0.717) is 13.1 Å². The molecule has 0 saturated heterocycles. The van der Waals surface area contributed by atoms with E-state index in [1.165, 1.54) is 36.2 Å². The molecule has 0 fully saturated rings. The quantitative estimate of drug-likeness (QED) is 0.335. The summed E-state index contributed by atoms with van der Waals surface area (Å²) < 4.78 is 27.6. The van der Waals surface area contributed by atoms with E-state index in [-0.39, 0.29) is 24.9 Å². The standard InChI is InChI=1S/C17H31N2O6P/c1-7-11-18(16(20)9-3)13-15(25-26(22,23-5)24-6)14-19(12-8-2)17(21)10-4/h9-10,15H,3-4,7-8,11-14H2,1-2,5-6H3. The van der Waals surface area contributed by atoms with Gasteiger partial charge in [-0.3, -0.25) is 23.2 Å². The number of hydrogen-bond acceptors (Lipinski definition) is 6. The van der Waals surface area contributed by atoms with Crippen molar-refractivity contribution in [1.82, 2.24) is 9.80 Å². The Balaban J connectivity index is 5.52. The normalized spacial score (nSPS) is 11.3. The minimum Gasteiger partial charge on any atom is -0.336 e. The lowest BCUT2D eigenvalue weighted by Gasteiger charge is -2.31. The van der Waals surface area contributed by atoms with Crippen LogP contribution in [0.25, 0.3) is 0 Å². The van der Waals surface area contributed by atoms with Gasteiger partial charge in [0.2, 0.25) is 11.8 Å². The fourth-order valence-corrected chi connectivity index (χ4v) is 3.16. The number of hydrogen-bond donors (Lipinski definition) is 0. The molecule has 26 heavy (non-hydrogen) atoms. The molecule has 0 heterocycles. The third kappa shape index (κ3) is 8.27. The van der Waals surface area contributed by atoms with Gasteiger partial charge in [0.25, 0.3) is 0 Å². The van der Waals surface area contributed by atoms with E-state index in [1.54, 1.807) is 0 Å². The summed E-state index contributed by atoms with van der Waals surface area (Å²) in [4.78, 5) is 27.2. The van der Waals surface area contributed by atoms with E-state index in [0.717, 1.165) is 12.8 Å². The highest BCUT2D eigenvalue weighted by Gasteiger charge is 2.31. The van der Waals surface area contributed by atoms with Crippen molar-refractivity contribution < 1.29 is 27.7 Å². The molecule has 0 unspecified atom stereocenters. The topological polar surface area (TPSA) is 85.4 Å². The number of carbonyl (C=O) groups excluding carboxylic acids is 2. The average Bonchev–Trinajstić information content (AvgIpc) is 2.65. The molecule has 0 aromatic carbocycles. The van der Waals surface area contributed by atoms with Crippen LogP contribution in [0.15, 0.2) is 25.3 Å². The first-order valence-electron chi connectivity index (χ1n) is 8.53. The Bertz CT molecular complexity index is 485. The van der Waals surface area contributed by atoms with Gasteiger partial charge in [-0.25, -0.2) is 4.57 Å². The van der Waals surface area contributed by atoms with Crippen molar-refractivity contribution in [2.75, 3.05) is 40.4 Å². The van der Waals surface area contributed by atoms with Crippen LogP contribution in [0, 0.1) is 0 Å². The van der Waals surface area contributed by atoms with Gasteiger partial charge in [0.05, 0.1) is 0 Å². The Morgan fingerprint density at radius 1 is 0.962 bits per heavy atom. The van der Waals surface area contributed by atoms with Crippen LogP contribution in [0.1, 0.15) is 26.7 Å². The summed E-state index contributed by atoms with van der Waals surface area (Å²) in [6.45, 7) is 12.0. The number of carbonyl (C=O) groups is 2. The third-order valence-electron chi connectivity index (χ3n) is 3.53. The minimum atomic E-state index is -3.79. The molecule has 150 valence electrons. The van der Waals surface area contributed by atoms with Crippen LogP contribution < -0.4 is 0 Å². The summed E-state index contributed by atoms with van der Waals surface area (Å²) in [5.74, 6) is -0.551. The highest BCUT2D eigenvalue weighted by Crippen LogP contribution is 2.48. The highest BCUT2D eigenvalue weighted by atomic mass is 31.2. The van der Waals surface area contributed by atoms with E-state index in [2.05, 4.69) is 13.2 Å². The van der Waals surface area contributed by atoms with Gasteiger partial charge in [0.15, 0.2) is 0 Å². The summed E-state index contributed by atoms with van der Waals surface area (Å²) in [6, 6.07) is 0. The maximum Gasteiger partial charge on any atom is 0.474 e. The second kappa shape index (κ2) is 12.8. The smallest absolute Gasteiger partial charge is 0.336 e. The van der Waals surface area contributed by atoms with E-state index in [1.807, 2.05) is 13.8 Å². The molecule has 0 aromatic rings. The van der Waals surface area contributed by atoms with Crippen molar-refractivity contribution in [2.45, 2.75) is 32.8 Å². The van der Waals surface area contributed by atoms with Crippen LogP contribution in [0.4, 0.5) is 0 Å². The van der Waals surface area contributed by atoms with Crippen LogP contribution in [-0.4, -0.2) is 68.1 Å². The van der Waals surface area contributed by atoms with Crippen LogP contribution in [0.2, 0.25) is 0 Å². The Labute approximate surface area is 156 Å². The van der Waals surface area contributed by atoms with Gasteiger partial charge in [-0.2, -0.15) is 0 Å². The summed E-state index contributed by atoms with van der Waals surface area (Å²) in [5.41, 5.74) is 0. The van der Waals surface area contributed by atoms with Crippen LogP contribution in [0.3, 0.4) is 0 Å². The zero-order valence-electron chi connectivity index (χ0n) is 16.2. The highest BCUT2D eigenvalue weighted by molar-refractivity contribution is 7.48. The van der Waals surface area contributed by atoms with Crippen molar-refractivity contribution >= 4 is 19.6 Å². The van der Waals surface area contributed by atoms with Crippen molar-refractivity contribution in [1.29, 1.82) is 0 Å². The molecule has 0 aliphatic heterocycles. The summed E-state index contributed by atoms with van der Waals surface area (Å²) in [6.07, 6.45) is 3.09. The number of rotatable bonds is 14. The summed E-state index contributed by atoms with van der Waals surface area (Å²) in [7, 11) is -1.38. The largest absolute Gasteiger partial charge is 0.474 e. The maximum absolute atomic E-state index is 12.4. The molecule has 0 N–H and O–H groups in total. The molecule has 0 aromatic heterocycles. The van der Waals surface area contributed by atoms with Gasteiger partial charge < -0.3 is 9.80 Å². The van der Waals surface area contributed by atoms with Gasteiger partial charge in [-0.05, 0) is 25.0 Å². The zero-order valence-corrected chi connectivity index (χ0v) is 17.1. The molecular weight excluding hydrogens is 359 g/mol. The van der Waals surface area contributed by atoms with E-state index in [9.17, 15) is 14.2 Å². The zero-order chi connectivity index (χ0) is 20.2. The number of phosphoric acid groups is 1. The molecular formula is C17H31N2O6P. The van der Waals surface area contributed by atoms with Crippen molar-refractivity contribution in [3.8, 4) is 0 Å².